The van der Waals surface area contributed by atoms with Crippen molar-refractivity contribution in [2.24, 2.45) is 0 Å². The predicted molar refractivity (Wildman–Crippen MR) is 70.3 cm³/mol. The van der Waals surface area contributed by atoms with Crippen molar-refractivity contribution in [1.82, 2.24) is 4.98 Å². The zero-order valence-electron chi connectivity index (χ0n) is 10.4. The van der Waals surface area contributed by atoms with E-state index < -0.39 is 11.6 Å². The highest BCUT2D eigenvalue weighted by Gasteiger charge is 2.07. The van der Waals surface area contributed by atoms with Crippen LogP contribution in [0.5, 0.6) is 0 Å². The fourth-order valence-electron chi connectivity index (χ4n) is 1.86. The van der Waals surface area contributed by atoms with Crippen molar-refractivity contribution in [1.29, 1.82) is 5.41 Å². The lowest BCUT2D eigenvalue weighted by molar-refractivity contribution is 0.580. The molecule has 0 aliphatic rings. The Labute approximate surface area is 109 Å². The summed E-state index contributed by atoms with van der Waals surface area (Å²) in [5.74, 6) is -0.939. The molecule has 1 aromatic carbocycles. The number of hydrogen-bond donors (Lipinski definition) is 2. The number of nitrogen functional groups attached to an aromatic ring is 1. The monoisotopic (exact) mass is 261 g/mol. The van der Waals surface area contributed by atoms with Crippen molar-refractivity contribution >= 4 is 11.5 Å². The van der Waals surface area contributed by atoms with Crippen LogP contribution in [0.4, 0.5) is 14.6 Å². The van der Waals surface area contributed by atoms with Crippen LogP contribution in [0.15, 0.2) is 30.5 Å². The molecule has 0 aliphatic heterocycles. The van der Waals surface area contributed by atoms with Gasteiger partial charge in [0.05, 0.1) is 0 Å². The largest absolute Gasteiger partial charge is 0.383 e. The standard InChI is InChI=1S/C14H13F2N3/c1-8(17)13-5-10(7-19-14(13)18)2-9-3-11(15)6-12(16)4-9/h3-7,17H,2H2,1H3,(H2,18,19). The Morgan fingerprint density at radius 1 is 1.16 bits per heavy atom. The summed E-state index contributed by atoms with van der Waals surface area (Å²) in [4.78, 5) is 3.99. The first-order valence-corrected chi connectivity index (χ1v) is 5.70. The number of anilines is 1. The van der Waals surface area contributed by atoms with Gasteiger partial charge in [-0.25, -0.2) is 13.8 Å². The first-order valence-electron chi connectivity index (χ1n) is 5.70. The van der Waals surface area contributed by atoms with E-state index >= 15 is 0 Å². The molecule has 0 radical (unpaired) electrons. The molecule has 98 valence electrons. The van der Waals surface area contributed by atoms with Gasteiger partial charge in [-0.2, -0.15) is 0 Å². The van der Waals surface area contributed by atoms with Crippen LogP contribution >= 0.6 is 0 Å². The first kappa shape index (κ1) is 13.1. The molecule has 2 rings (SSSR count). The molecule has 0 spiro atoms. The zero-order valence-corrected chi connectivity index (χ0v) is 10.4. The minimum Gasteiger partial charge on any atom is -0.383 e. The van der Waals surface area contributed by atoms with Crippen LogP contribution in [-0.2, 0) is 6.42 Å². The van der Waals surface area contributed by atoms with Crippen molar-refractivity contribution in [3.63, 3.8) is 0 Å². The van der Waals surface area contributed by atoms with E-state index in [1.54, 1.807) is 19.2 Å². The number of rotatable bonds is 3. The fraction of sp³-hybridized carbons (Fsp3) is 0.143. The summed E-state index contributed by atoms with van der Waals surface area (Å²) < 4.78 is 26.2. The first-order chi connectivity index (χ1) is 8.95. The van der Waals surface area contributed by atoms with E-state index in [0.29, 0.717) is 23.3 Å². The van der Waals surface area contributed by atoms with Gasteiger partial charge in [0.15, 0.2) is 0 Å². The SMILES string of the molecule is CC(=N)c1cc(Cc2cc(F)cc(F)c2)cnc1N. The van der Waals surface area contributed by atoms with Gasteiger partial charge in [0.1, 0.15) is 17.5 Å². The zero-order chi connectivity index (χ0) is 14.0. The van der Waals surface area contributed by atoms with E-state index in [1.807, 2.05) is 0 Å². The Morgan fingerprint density at radius 2 is 1.79 bits per heavy atom. The number of aromatic nitrogens is 1. The number of benzene rings is 1. The Bertz CT molecular complexity index is 618. The van der Waals surface area contributed by atoms with Gasteiger partial charge < -0.3 is 11.1 Å². The summed E-state index contributed by atoms with van der Waals surface area (Å²) in [5, 5.41) is 7.58. The average Bonchev–Trinajstić information content (AvgIpc) is 2.30. The maximum Gasteiger partial charge on any atom is 0.132 e. The molecular weight excluding hydrogens is 248 g/mol. The molecule has 0 fully saturated rings. The molecule has 0 saturated carbocycles. The fourth-order valence-corrected chi connectivity index (χ4v) is 1.86. The highest BCUT2D eigenvalue weighted by Crippen LogP contribution is 2.16. The molecule has 0 saturated heterocycles. The number of nitrogens with two attached hydrogens (primary N) is 1. The molecule has 2 aromatic rings. The minimum absolute atomic E-state index is 0.279. The van der Waals surface area contributed by atoms with Crippen LogP contribution in [0.3, 0.4) is 0 Å². The number of nitrogens with one attached hydrogen (secondary N) is 1. The highest BCUT2D eigenvalue weighted by atomic mass is 19.1. The molecule has 0 amide bonds. The summed E-state index contributed by atoms with van der Waals surface area (Å²) >= 11 is 0. The molecule has 0 aliphatic carbocycles. The Morgan fingerprint density at radius 3 is 2.37 bits per heavy atom. The summed E-state index contributed by atoms with van der Waals surface area (Å²) in [5.41, 5.74) is 7.76. The molecule has 3 nitrogen and oxygen atoms in total. The van der Waals surface area contributed by atoms with Gasteiger partial charge in [0, 0.05) is 23.5 Å². The third kappa shape index (κ3) is 3.13. The molecule has 1 heterocycles. The molecular formula is C14H13F2N3. The smallest absolute Gasteiger partial charge is 0.132 e. The van der Waals surface area contributed by atoms with Crippen molar-refractivity contribution in [3.8, 4) is 0 Å². The van der Waals surface area contributed by atoms with Crippen molar-refractivity contribution in [3.05, 3.63) is 58.8 Å². The second-order valence-corrected chi connectivity index (χ2v) is 4.36. The van der Waals surface area contributed by atoms with Crippen LogP contribution in [0.1, 0.15) is 23.6 Å². The van der Waals surface area contributed by atoms with Crippen molar-refractivity contribution < 1.29 is 8.78 Å². The summed E-state index contributed by atoms with van der Waals surface area (Å²) in [6.07, 6.45) is 1.88. The van der Waals surface area contributed by atoms with Gasteiger partial charge in [-0.1, -0.05) is 0 Å². The summed E-state index contributed by atoms with van der Waals surface area (Å²) in [6, 6.07) is 5.10. The lowest BCUT2D eigenvalue weighted by Gasteiger charge is -2.07. The van der Waals surface area contributed by atoms with E-state index in [9.17, 15) is 8.78 Å². The van der Waals surface area contributed by atoms with Crippen LogP contribution in [0.2, 0.25) is 0 Å². The van der Waals surface area contributed by atoms with Crippen LogP contribution in [0.25, 0.3) is 0 Å². The normalized spacial score (nSPS) is 10.5. The van der Waals surface area contributed by atoms with Gasteiger partial charge >= 0.3 is 0 Å². The second-order valence-electron chi connectivity index (χ2n) is 4.36. The molecule has 1 aromatic heterocycles. The van der Waals surface area contributed by atoms with E-state index in [-0.39, 0.29) is 5.82 Å². The number of hydrogen-bond acceptors (Lipinski definition) is 3. The second kappa shape index (κ2) is 5.14. The van der Waals surface area contributed by atoms with Gasteiger partial charge in [-0.3, -0.25) is 0 Å². The third-order valence-corrected chi connectivity index (χ3v) is 2.71. The Hall–Kier alpha value is -2.30. The Balaban J connectivity index is 2.33. The molecule has 5 heteroatoms. The number of pyridine rings is 1. The topological polar surface area (TPSA) is 62.8 Å². The number of halogens is 2. The lowest BCUT2D eigenvalue weighted by Crippen LogP contribution is -2.04. The van der Waals surface area contributed by atoms with E-state index in [2.05, 4.69) is 4.98 Å². The van der Waals surface area contributed by atoms with Crippen molar-refractivity contribution in [2.75, 3.05) is 5.73 Å². The maximum atomic E-state index is 13.1. The number of nitrogens with zero attached hydrogens (tertiary/aromatic N) is 1. The van der Waals surface area contributed by atoms with Gasteiger partial charge in [0.25, 0.3) is 0 Å². The lowest BCUT2D eigenvalue weighted by atomic mass is 10.0. The molecule has 0 bridgehead atoms. The van der Waals surface area contributed by atoms with Gasteiger partial charge in [0.2, 0.25) is 0 Å². The van der Waals surface area contributed by atoms with Gasteiger partial charge in [-0.15, -0.1) is 0 Å². The summed E-state index contributed by atoms with van der Waals surface area (Å²) in [7, 11) is 0. The molecule has 0 atom stereocenters. The molecule has 19 heavy (non-hydrogen) atoms. The molecule has 3 N–H and O–H groups in total. The Kier molecular flexibility index (Phi) is 3.55. The van der Waals surface area contributed by atoms with Crippen LogP contribution < -0.4 is 5.73 Å². The van der Waals surface area contributed by atoms with E-state index in [4.69, 9.17) is 11.1 Å². The molecule has 0 unspecified atom stereocenters. The van der Waals surface area contributed by atoms with Crippen LogP contribution in [0, 0.1) is 17.0 Å². The van der Waals surface area contributed by atoms with Crippen LogP contribution in [-0.4, -0.2) is 10.7 Å². The summed E-state index contributed by atoms with van der Waals surface area (Å²) in [6.45, 7) is 1.61. The van der Waals surface area contributed by atoms with E-state index in [0.717, 1.165) is 11.6 Å². The average molecular weight is 261 g/mol. The van der Waals surface area contributed by atoms with Crippen molar-refractivity contribution in [2.45, 2.75) is 13.3 Å². The third-order valence-electron chi connectivity index (χ3n) is 2.71. The minimum atomic E-state index is -0.609. The van der Waals surface area contributed by atoms with E-state index in [1.165, 1.54) is 12.1 Å². The quantitative estimate of drug-likeness (QED) is 0.834. The predicted octanol–water partition coefficient (Wildman–Crippen LogP) is 2.92. The highest BCUT2D eigenvalue weighted by molar-refractivity contribution is 6.00. The maximum absolute atomic E-state index is 13.1. The van der Waals surface area contributed by atoms with Gasteiger partial charge in [-0.05, 0) is 42.7 Å².